The molecule has 0 fully saturated rings. The van der Waals surface area contributed by atoms with Crippen LogP contribution in [0.15, 0.2) is 60.7 Å². The Bertz CT molecular complexity index is 455. The van der Waals surface area contributed by atoms with E-state index < -0.39 is 0 Å². The molecule has 0 N–H and O–H groups in total. The second-order valence-corrected chi connectivity index (χ2v) is 4.87. The molecule has 0 aliphatic heterocycles. The second kappa shape index (κ2) is 7.85. The summed E-state index contributed by atoms with van der Waals surface area (Å²) in [6.45, 7) is 0.740. The maximum Gasteiger partial charge on any atom is 0.119 e. The Morgan fingerprint density at radius 1 is 0.895 bits per heavy atom. The smallest absolute Gasteiger partial charge is 0.119 e. The first-order valence-corrected chi connectivity index (χ1v) is 7.22. The molecule has 19 heavy (non-hydrogen) atoms. The van der Waals surface area contributed by atoms with Gasteiger partial charge in [0.15, 0.2) is 0 Å². The molecular weight excluding hydrogens is 256 g/mol. The van der Waals surface area contributed by atoms with E-state index in [2.05, 4.69) is 24.3 Å². The molecule has 1 unspecified atom stereocenters. The third-order valence-electron chi connectivity index (χ3n) is 3.17. The SMILES string of the molecule is ClCC(CCCOc1ccccc1)c1ccccc1. The van der Waals surface area contributed by atoms with Crippen molar-refractivity contribution in [1.82, 2.24) is 0 Å². The summed E-state index contributed by atoms with van der Waals surface area (Å²) in [4.78, 5) is 0. The van der Waals surface area contributed by atoms with Crippen LogP contribution in [0.4, 0.5) is 0 Å². The standard InChI is InChI=1S/C17H19ClO/c18-14-16(15-8-3-1-4-9-15)10-7-13-19-17-11-5-2-6-12-17/h1-6,8-9,11-12,16H,7,10,13-14H2. The zero-order valence-corrected chi connectivity index (χ0v) is 11.7. The van der Waals surface area contributed by atoms with Crippen LogP contribution in [0, 0.1) is 0 Å². The van der Waals surface area contributed by atoms with Crippen LogP contribution in [0.3, 0.4) is 0 Å². The monoisotopic (exact) mass is 274 g/mol. The quantitative estimate of drug-likeness (QED) is 0.517. The van der Waals surface area contributed by atoms with Crippen LogP contribution >= 0.6 is 11.6 Å². The maximum atomic E-state index is 6.06. The number of hydrogen-bond acceptors (Lipinski definition) is 1. The normalized spacial score (nSPS) is 12.1. The lowest BCUT2D eigenvalue weighted by molar-refractivity contribution is 0.303. The lowest BCUT2D eigenvalue weighted by atomic mass is 9.96. The van der Waals surface area contributed by atoms with Crippen molar-refractivity contribution in [2.45, 2.75) is 18.8 Å². The molecule has 0 aliphatic carbocycles. The summed E-state index contributed by atoms with van der Waals surface area (Å²) >= 11 is 6.06. The van der Waals surface area contributed by atoms with Crippen molar-refractivity contribution in [3.8, 4) is 5.75 Å². The second-order valence-electron chi connectivity index (χ2n) is 4.57. The molecule has 2 aromatic rings. The van der Waals surface area contributed by atoms with E-state index in [9.17, 15) is 0 Å². The van der Waals surface area contributed by atoms with Gasteiger partial charge in [0.2, 0.25) is 0 Å². The summed E-state index contributed by atoms with van der Waals surface area (Å²) in [7, 11) is 0. The molecule has 0 saturated heterocycles. The van der Waals surface area contributed by atoms with Gasteiger partial charge in [0.1, 0.15) is 5.75 Å². The minimum absolute atomic E-state index is 0.419. The van der Waals surface area contributed by atoms with E-state index in [-0.39, 0.29) is 0 Å². The van der Waals surface area contributed by atoms with E-state index in [0.29, 0.717) is 11.8 Å². The van der Waals surface area contributed by atoms with Gasteiger partial charge in [-0.1, -0.05) is 48.5 Å². The summed E-state index contributed by atoms with van der Waals surface area (Å²) in [5.74, 6) is 2.02. The summed E-state index contributed by atoms with van der Waals surface area (Å²) in [6.07, 6.45) is 2.07. The summed E-state index contributed by atoms with van der Waals surface area (Å²) in [6, 6.07) is 20.4. The summed E-state index contributed by atoms with van der Waals surface area (Å²) in [5, 5.41) is 0. The van der Waals surface area contributed by atoms with Gasteiger partial charge in [-0.2, -0.15) is 0 Å². The Labute approximate surface area is 120 Å². The van der Waals surface area contributed by atoms with Gasteiger partial charge in [0.25, 0.3) is 0 Å². The average Bonchev–Trinajstić information content (AvgIpc) is 2.49. The van der Waals surface area contributed by atoms with Crippen LogP contribution in [-0.4, -0.2) is 12.5 Å². The van der Waals surface area contributed by atoms with Crippen molar-refractivity contribution in [2.75, 3.05) is 12.5 Å². The highest BCUT2D eigenvalue weighted by Gasteiger charge is 2.09. The number of ether oxygens (including phenoxy) is 1. The first kappa shape index (κ1) is 14.0. The minimum Gasteiger partial charge on any atom is -0.494 e. The number of halogens is 1. The highest BCUT2D eigenvalue weighted by atomic mass is 35.5. The molecule has 0 bridgehead atoms. The topological polar surface area (TPSA) is 9.23 Å². The van der Waals surface area contributed by atoms with Crippen molar-refractivity contribution in [3.05, 3.63) is 66.2 Å². The van der Waals surface area contributed by atoms with Crippen molar-refractivity contribution in [1.29, 1.82) is 0 Å². The fourth-order valence-corrected chi connectivity index (χ4v) is 2.43. The molecule has 2 aromatic carbocycles. The summed E-state index contributed by atoms with van der Waals surface area (Å²) in [5.41, 5.74) is 1.32. The molecule has 0 spiro atoms. The Kier molecular flexibility index (Phi) is 5.77. The molecule has 1 nitrogen and oxygen atoms in total. The molecule has 1 atom stereocenters. The molecule has 0 saturated carbocycles. The fourth-order valence-electron chi connectivity index (χ4n) is 2.09. The molecule has 0 heterocycles. The van der Waals surface area contributed by atoms with Gasteiger partial charge in [-0.15, -0.1) is 11.6 Å². The van der Waals surface area contributed by atoms with Crippen LogP contribution in [0.25, 0.3) is 0 Å². The van der Waals surface area contributed by atoms with E-state index in [1.165, 1.54) is 5.56 Å². The highest BCUT2D eigenvalue weighted by Crippen LogP contribution is 2.22. The largest absolute Gasteiger partial charge is 0.494 e. The third kappa shape index (κ3) is 4.60. The number of alkyl halides is 1. The van der Waals surface area contributed by atoms with Crippen molar-refractivity contribution >= 4 is 11.6 Å². The first-order chi connectivity index (χ1) is 9.40. The minimum atomic E-state index is 0.419. The van der Waals surface area contributed by atoms with Crippen LogP contribution in [0.5, 0.6) is 5.75 Å². The van der Waals surface area contributed by atoms with E-state index >= 15 is 0 Å². The van der Waals surface area contributed by atoms with Gasteiger partial charge in [-0.05, 0) is 36.5 Å². The van der Waals surface area contributed by atoms with E-state index in [1.54, 1.807) is 0 Å². The Morgan fingerprint density at radius 3 is 2.16 bits per heavy atom. The van der Waals surface area contributed by atoms with Crippen LogP contribution in [0.1, 0.15) is 24.3 Å². The predicted molar refractivity (Wildman–Crippen MR) is 81.1 cm³/mol. The van der Waals surface area contributed by atoms with Crippen LogP contribution < -0.4 is 4.74 Å². The van der Waals surface area contributed by atoms with E-state index in [4.69, 9.17) is 16.3 Å². The van der Waals surface area contributed by atoms with Crippen molar-refractivity contribution in [2.24, 2.45) is 0 Å². The zero-order chi connectivity index (χ0) is 13.3. The molecule has 0 aromatic heterocycles. The molecule has 0 radical (unpaired) electrons. The molecule has 0 aliphatic rings. The lowest BCUT2D eigenvalue weighted by Crippen LogP contribution is -2.04. The van der Waals surface area contributed by atoms with Crippen molar-refractivity contribution < 1.29 is 4.74 Å². The van der Waals surface area contributed by atoms with Crippen LogP contribution in [-0.2, 0) is 0 Å². The molecule has 2 rings (SSSR count). The Balaban J connectivity index is 1.75. The molecule has 100 valence electrons. The van der Waals surface area contributed by atoms with Gasteiger partial charge in [-0.3, -0.25) is 0 Å². The van der Waals surface area contributed by atoms with Gasteiger partial charge < -0.3 is 4.74 Å². The maximum absolute atomic E-state index is 6.06. The van der Waals surface area contributed by atoms with E-state index in [1.807, 2.05) is 36.4 Å². The molecule has 2 heteroatoms. The van der Waals surface area contributed by atoms with E-state index in [0.717, 1.165) is 25.2 Å². The Hall–Kier alpha value is -1.47. The number of para-hydroxylation sites is 1. The zero-order valence-electron chi connectivity index (χ0n) is 11.0. The fraction of sp³-hybridized carbons (Fsp3) is 0.294. The first-order valence-electron chi connectivity index (χ1n) is 6.69. The molecular formula is C17H19ClO. The summed E-state index contributed by atoms with van der Waals surface area (Å²) < 4.78 is 5.69. The lowest BCUT2D eigenvalue weighted by Gasteiger charge is -2.14. The third-order valence-corrected chi connectivity index (χ3v) is 3.54. The van der Waals surface area contributed by atoms with Crippen LogP contribution in [0.2, 0.25) is 0 Å². The molecule has 0 amide bonds. The number of benzene rings is 2. The van der Waals surface area contributed by atoms with Crippen molar-refractivity contribution in [3.63, 3.8) is 0 Å². The predicted octanol–water partition coefficient (Wildman–Crippen LogP) is 4.87. The number of hydrogen-bond donors (Lipinski definition) is 0. The number of rotatable bonds is 7. The van der Waals surface area contributed by atoms with Gasteiger partial charge >= 0.3 is 0 Å². The van der Waals surface area contributed by atoms with Gasteiger partial charge in [-0.25, -0.2) is 0 Å². The van der Waals surface area contributed by atoms with Gasteiger partial charge in [0.05, 0.1) is 6.61 Å². The van der Waals surface area contributed by atoms with Gasteiger partial charge in [0, 0.05) is 5.88 Å². The average molecular weight is 275 g/mol. The Morgan fingerprint density at radius 2 is 1.53 bits per heavy atom. The highest BCUT2D eigenvalue weighted by molar-refractivity contribution is 6.18.